The summed E-state index contributed by atoms with van der Waals surface area (Å²) in [5.41, 5.74) is 3.18. The highest BCUT2D eigenvalue weighted by Gasteiger charge is 2.12. The van der Waals surface area contributed by atoms with E-state index in [0.29, 0.717) is 16.8 Å². The van der Waals surface area contributed by atoms with Gasteiger partial charge in [0.2, 0.25) is 0 Å². The summed E-state index contributed by atoms with van der Waals surface area (Å²) in [5.74, 6) is -0.667. The first-order valence-corrected chi connectivity index (χ1v) is 7.75. The molecule has 0 unspecified atom stereocenters. The van der Waals surface area contributed by atoms with Gasteiger partial charge in [-0.05, 0) is 23.6 Å². The third-order valence-corrected chi connectivity index (χ3v) is 4.22. The SMILES string of the molecule is CC(C)c1ncc(-c2ccc3c(c2)[nH]c2c(F)cncc23)cc1F. The Labute approximate surface area is 137 Å². The highest BCUT2D eigenvalue weighted by atomic mass is 19.1. The summed E-state index contributed by atoms with van der Waals surface area (Å²) in [6.45, 7) is 3.81. The van der Waals surface area contributed by atoms with E-state index in [4.69, 9.17) is 0 Å². The Morgan fingerprint density at radius 3 is 2.50 bits per heavy atom. The Kier molecular flexibility index (Phi) is 3.30. The van der Waals surface area contributed by atoms with Crippen molar-refractivity contribution in [3.8, 4) is 11.1 Å². The van der Waals surface area contributed by atoms with Crippen molar-refractivity contribution in [1.29, 1.82) is 0 Å². The summed E-state index contributed by atoms with van der Waals surface area (Å²) in [4.78, 5) is 11.2. The number of nitrogens with zero attached hydrogens (tertiary/aromatic N) is 2. The average molecular weight is 323 g/mol. The minimum atomic E-state index is -0.390. The molecule has 120 valence electrons. The van der Waals surface area contributed by atoms with Crippen LogP contribution in [0.15, 0.2) is 42.9 Å². The molecule has 0 aliphatic carbocycles. The third kappa shape index (κ3) is 2.24. The van der Waals surface area contributed by atoms with E-state index < -0.39 is 0 Å². The quantitative estimate of drug-likeness (QED) is 0.552. The fourth-order valence-corrected chi connectivity index (χ4v) is 2.99. The van der Waals surface area contributed by atoms with Crippen molar-refractivity contribution in [2.75, 3.05) is 0 Å². The number of hydrogen-bond acceptors (Lipinski definition) is 2. The highest BCUT2D eigenvalue weighted by molar-refractivity contribution is 6.07. The van der Waals surface area contributed by atoms with E-state index in [9.17, 15) is 8.78 Å². The molecular formula is C19H15F2N3. The maximum absolute atomic E-state index is 14.2. The van der Waals surface area contributed by atoms with Gasteiger partial charge in [-0.3, -0.25) is 9.97 Å². The van der Waals surface area contributed by atoms with Crippen LogP contribution in [-0.2, 0) is 0 Å². The van der Waals surface area contributed by atoms with E-state index in [-0.39, 0.29) is 17.6 Å². The van der Waals surface area contributed by atoms with Gasteiger partial charge in [-0.2, -0.15) is 0 Å². The first kappa shape index (κ1) is 14.8. The lowest BCUT2D eigenvalue weighted by atomic mass is 10.0. The lowest BCUT2D eigenvalue weighted by Crippen LogP contribution is -1.97. The van der Waals surface area contributed by atoms with Crippen LogP contribution in [0.2, 0.25) is 0 Å². The van der Waals surface area contributed by atoms with Crippen LogP contribution in [-0.4, -0.2) is 15.0 Å². The third-order valence-electron chi connectivity index (χ3n) is 4.22. The molecule has 0 spiro atoms. The molecule has 0 radical (unpaired) electrons. The largest absolute Gasteiger partial charge is 0.352 e. The lowest BCUT2D eigenvalue weighted by Gasteiger charge is -2.08. The Hall–Kier alpha value is -2.82. The zero-order valence-electron chi connectivity index (χ0n) is 13.3. The minimum absolute atomic E-state index is 0.0331. The summed E-state index contributed by atoms with van der Waals surface area (Å²) in [5, 5.41) is 1.61. The van der Waals surface area contributed by atoms with Crippen molar-refractivity contribution >= 4 is 21.8 Å². The van der Waals surface area contributed by atoms with Crippen molar-refractivity contribution in [3.63, 3.8) is 0 Å². The van der Waals surface area contributed by atoms with Gasteiger partial charge in [0.05, 0.1) is 17.4 Å². The summed E-state index contributed by atoms with van der Waals surface area (Å²) < 4.78 is 28.1. The second-order valence-corrected chi connectivity index (χ2v) is 6.18. The second-order valence-electron chi connectivity index (χ2n) is 6.18. The van der Waals surface area contributed by atoms with E-state index in [1.54, 1.807) is 12.4 Å². The molecule has 1 aromatic carbocycles. The monoisotopic (exact) mass is 323 g/mol. The zero-order chi connectivity index (χ0) is 16.8. The van der Waals surface area contributed by atoms with E-state index in [1.165, 1.54) is 12.3 Å². The molecule has 0 amide bonds. The molecule has 24 heavy (non-hydrogen) atoms. The maximum atomic E-state index is 14.2. The molecule has 4 rings (SSSR count). The number of halogens is 2. The number of nitrogens with one attached hydrogen (secondary N) is 1. The predicted molar refractivity (Wildman–Crippen MR) is 90.8 cm³/mol. The van der Waals surface area contributed by atoms with Gasteiger partial charge >= 0.3 is 0 Å². The number of rotatable bonds is 2. The number of aromatic amines is 1. The highest BCUT2D eigenvalue weighted by Crippen LogP contribution is 2.31. The van der Waals surface area contributed by atoms with Gasteiger partial charge in [0.15, 0.2) is 5.82 Å². The maximum Gasteiger partial charge on any atom is 0.165 e. The minimum Gasteiger partial charge on any atom is -0.352 e. The van der Waals surface area contributed by atoms with Crippen LogP contribution in [0.4, 0.5) is 8.78 Å². The van der Waals surface area contributed by atoms with Crippen LogP contribution in [0.5, 0.6) is 0 Å². The Morgan fingerprint density at radius 1 is 0.917 bits per heavy atom. The second kappa shape index (κ2) is 5.37. The fourth-order valence-electron chi connectivity index (χ4n) is 2.99. The molecule has 0 bridgehead atoms. The first-order chi connectivity index (χ1) is 11.5. The molecule has 3 aromatic heterocycles. The number of pyridine rings is 2. The molecular weight excluding hydrogens is 308 g/mol. The lowest BCUT2D eigenvalue weighted by molar-refractivity contribution is 0.585. The smallest absolute Gasteiger partial charge is 0.165 e. The summed E-state index contributed by atoms with van der Waals surface area (Å²) in [6, 6.07) is 7.14. The summed E-state index contributed by atoms with van der Waals surface area (Å²) >= 11 is 0. The van der Waals surface area contributed by atoms with Gasteiger partial charge in [-0.1, -0.05) is 26.0 Å². The van der Waals surface area contributed by atoms with Crippen molar-refractivity contribution in [2.24, 2.45) is 0 Å². The van der Waals surface area contributed by atoms with Crippen LogP contribution in [0, 0.1) is 11.6 Å². The van der Waals surface area contributed by atoms with E-state index >= 15 is 0 Å². The number of aromatic nitrogens is 3. The molecule has 0 aliphatic heterocycles. The average Bonchev–Trinajstić information content (AvgIpc) is 2.94. The molecule has 0 aliphatic rings. The molecule has 0 atom stereocenters. The van der Waals surface area contributed by atoms with E-state index in [1.807, 2.05) is 32.0 Å². The molecule has 3 nitrogen and oxygen atoms in total. The van der Waals surface area contributed by atoms with E-state index in [2.05, 4.69) is 15.0 Å². The van der Waals surface area contributed by atoms with Crippen LogP contribution in [0.1, 0.15) is 25.5 Å². The Balaban J connectivity index is 1.87. The Bertz CT molecular complexity index is 1070. The molecule has 0 saturated heterocycles. The Morgan fingerprint density at radius 2 is 1.75 bits per heavy atom. The van der Waals surface area contributed by atoms with Gasteiger partial charge < -0.3 is 4.98 Å². The van der Waals surface area contributed by atoms with Crippen LogP contribution >= 0.6 is 0 Å². The van der Waals surface area contributed by atoms with E-state index in [0.717, 1.165) is 21.9 Å². The van der Waals surface area contributed by atoms with Gasteiger partial charge in [0.1, 0.15) is 5.82 Å². The van der Waals surface area contributed by atoms with Gasteiger partial charge in [0, 0.05) is 34.2 Å². The number of fused-ring (bicyclic) bond motifs is 3. The van der Waals surface area contributed by atoms with Crippen LogP contribution < -0.4 is 0 Å². The first-order valence-electron chi connectivity index (χ1n) is 7.75. The van der Waals surface area contributed by atoms with Gasteiger partial charge in [0.25, 0.3) is 0 Å². The molecule has 0 fully saturated rings. The summed E-state index contributed by atoms with van der Waals surface area (Å²) in [6.07, 6.45) is 4.49. The zero-order valence-corrected chi connectivity index (χ0v) is 13.3. The number of H-pyrrole nitrogens is 1. The molecule has 0 saturated carbocycles. The van der Waals surface area contributed by atoms with Gasteiger partial charge in [-0.25, -0.2) is 8.78 Å². The van der Waals surface area contributed by atoms with Crippen molar-refractivity contribution in [1.82, 2.24) is 15.0 Å². The van der Waals surface area contributed by atoms with Crippen LogP contribution in [0.3, 0.4) is 0 Å². The summed E-state index contributed by atoms with van der Waals surface area (Å²) in [7, 11) is 0. The fraction of sp³-hybridized carbons (Fsp3) is 0.158. The molecule has 1 N–H and O–H groups in total. The molecule has 3 heterocycles. The molecule has 4 aromatic rings. The van der Waals surface area contributed by atoms with Crippen LogP contribution in [0.25, 0.3) is 32.9 Å². The normalized spacial score (nSPS) is 11.7. The number of hydrogen-bond donors (Lipinski definition) is 1. The van der Waals surface area contributed by atoms with Crippen molar-refractivity contribution in [2.45, 2.75) is 19.8 Å². The topological polar surface area (TPSA) is 41.6 Å². The predicted octanol–water partition coefficient (Wildman–Crippen LogP) is 5.18. The number of benzene rings is 1. The van der Waals surface area contributed by atoms with Crippen molar-refractivity contribution in [3.05, 3.63) is 60.2 Å². The van der Waals surface area contributed by atoms with Crippen molar-refractivity contribution < 1.29 is 8.78 Å². The molecule has 5 heteroatoms. The van der Waals surface area contributed by atoms with Gasteiger partial charge in [-0.15, -0.1) is 0 Å². The standard InChI is InChI=1S/C19H15F2N3/c1-10(2)18-15(20)5-12(7-23-18)11-3-4-13-14-8-22-9-16(21)19(14)24-17(13)6-11/h3-10,24H,1-2H3.